The van der Waals surface area contributed by atoms with Crippen LogP contribution in [-0.4, -0.2) is 31.7 Å². The van der Waals surface area contributed by atoms with Crippen LogP contribution < -0.4 is 0 Å². The van der Waals surface area contributed by atoms with Gasteiger partial charge in [-0.3, -0.25) is 4.79 Å². The van der Waals surface area contributed by atoms with Gasteiger partial charge in [0.15, 0.2) is 0 Å². The molecule has 5 heteroatoms. The fraction of sp³-hybridized carbons (Fsp3) is 0.167. The number of carbonyl (C=O) groups excluding carboxylic acids is 1. The quantitative estimate of drug-likeness (QED) is 0.538. The van der Waals surface area contributed by atoms with Gasteiger partial charge < -0.3 is 9.47 Å². The molecule has 4 aromatic rings. The molecule has 0 spiro atoms. The molecule has 1 amide bonds. The van der Waals surface area contributed by atoms with Crippen molar-refractivity contribution >= 4 is 5.91 Å². The maximum absolute atomic E-state index is 13.3. The molecule has 1 aliphatic rings. The Bertz CT molecular complexity index is 1110. The molecule has 5 nitrogen and oxygen atoms in total. The molecule has 3 heterocycles. The largest absolute Gasteiger partial charge is 0.348 e. The molecule has 0 radical (unpaired) electrons. The fourth-order valence-corrected chi connectivity index (χ4v) is 4.09. The summed E-state index contributed by atoms with van der Waals surface area (Å²) in [7, 11) is 0. The van der Waals surface area contributed by atoms with Crippen molar-refractivity contribution in [3.8, 4) is 5.69 Å². The number of aromatic nitrogens is 3. The number of nitrogens with zero attached hydrogens (tertiary/aromatic N) is 4. The predicted octanol–water partition coefficient (Wildman–Crippen LogP) is 3.85. The van der Waals surface area contributed by atoms with Crippen LogP contribution in [0.5, 0.6) is 0 Å². The molecule has 144 valence electrons. The standard InChI is InChI=1S/C24H22N4O/c29-23(16-19-17-25-28(18-19)21-10-5-2-6-11-21)27-15-14-26-13-7-12-22(26)24(27)20-8-3-1-4-9-20/h1-13,17-18,24H,14-16H2. The Morgan fingerprint density at radius 2 is 1.69 bits per heavy atom. The van der Waals surface area contributed by atoms with E-state index in [1.807, 2.05) is 64.3 Å². The van der Waals surface area contributed by atoms with E-state index < -0.39 is 0 Å². The minimum atomic E-state index is -0.0587. The van der Waals surface area contributed by atoms with Gasteiger partial charge in [-0.15, -0.1) is 0 Å². The monoisotopic (exact) mass is 382 g/mol. The molecule has 0 aliphatic carbocycles. The van der Waals surface area contributed by atoms with E-state index in [0.717, 1.165) is 29.1 Å². The lowest BCUT2D eigenvalue weighted by Gasteiger charge is -2.37. The van der Waals surface area contributed by atoms with Crippen LogP contribution in [0.2, 0.25) is 0 Å². The van der Waals surface area contributed by atoms with Crippen LogP contribution in [0.1, 0.15) is 22.9 Å². The third-order valence-electron chi connectivity index (χ3n) is 5.49. The number of amides is 1. The third-order valence-corrected chi connectivity index (χ3v) is 5.49. The molecular weight excluding hydrogens is 360 g/mol. The van der Waals surface area contributed by atoms with Crippen molar-refractivity contribution < 1.29 is 4.79 Å². The molecule has 5 rings (SSSR count). The molecule has 1 unspecified atom stereocenters. The molecule has 0 fully saturated rings. The summed E-state index contributed by atoms with van der Waals surface area (Å²) in [5.74, 6) is 0.124. The van der Waals surface area contributed by atoms with E-state index in [4.69, 9.17) is 0 Å². The summed E-state index contributed by atoms with van der Waals surface area (Å²) in [6.07, 6.45) is 6.17. The van der Waals surface area contributed by atoms with Crippen LogP contribution >= 0.6 is 0 Å². The van der Waals surface area contributed by atoms with E-state index in [1.165, 1.54) is 0 Å². The first-order valence-electron chi connectivity index (χ1n) is 9.88. The Balaban J connectivity index is 1.41. The predicted molar refractivity (Wildman–Crippen MR) is 112 cm³/mol. The van der Waals surface area contributed by atoms with E-state index in [0.29, 0.717) is 13.0 Å². The molecular formula is C24H22N4O. The van der Waals surface area contributed by atoms with Crippen LogP contribution in [0, 0.1) is 0 Å². The second-order valence-electron chi connectivity index (χ2n) is 7.33. The molecule has 2 aromatic carbocycles. The van der Waals surface area contributed by atoms with Crippen LogP contribution in [0.25, 0.3) is 5.69 Å². The first-order valence-corrected chi connectivity index (χ1v) is 9.88. The van der Waals surface area contributed by atoms with Crippen LogP contribution in [-0.2, 0) is 17.8 Å². The summed E-state index contributed by atoms with van der Waals surface area (Å²) < 4.78 is 4.06. The SMILES string of the molecule is O=C(Cc1cnn(-c2ccccc2)c1)N1CCn2cccc2C1c1ccccc1. The summed E-state index contributed by atoms with van der Waals surface area (Å²) in [6.45, 7) is 1.52. The van der Waals surface area contributed by atoms with Gasteiger partial charge in [0, 0.05) is 31.2 Å². The van der Waals surface area contributed by atoms with Gasteiger partial charge in [-0.25, -0.2) is 4.68 Å². The maximum atomic E-state index is 13.3. The lowest BCUT2D eigenvalue weighted by Crippen LogP contribution is -2.43. The summed E-state index contributed by atoms with van der Waals surface area (Å²) >= 11 is 0. The van der Waals surface area contributed by atoms with E-state index in [2.05, 4.69) is 40.1 Å². The number of benzene rings is 2. The van der Waals surface area contributed by atoms with Gasteiger partial charge in [0.2, 0.25) is 5.91 Å². The molecule has 0 N–H and O–H groups in total. The van der Waals surface area contributed by atoms with Gasteiger partial charge in [0.05, 0.1) is 24.3 Å². The third kappa shape index (κ3) is 3.36. The Morgan fingerprint density at radius 3 is 2.48 bits per heavy atom. The number of fused-ring (bicyclic) bond motifs is 1. The van der Waals surface area contributed by atoms with E-state index >= 15 is 0 Å². The minimum absolute atomic E-state index is 0.0587. The van der Waals surface area contributed by atoms with Gasteiger partial charge in [-0.1, -0.05) is 48.5 Å². The lowest BCUT2D eigenvalue weighted by atomic mass is 9.99. The molecule has 0 bridgehead atoms. The first-order chi connectivity index (χ1) is 14.3. The minimum Gasteiger partial charge on any atom is -0.348 e. The second-order valence-corrected chi connectivity index (χ2v) is 7.33. The fourth-order valence-electron chi connectivity index (χ4n) is 4.09. The average Bonchev–Trinajstić information content (AvgIpc) is 3.43. The van der Waals surface area contributed by atoms with Crippen LogP contribution in [0.15, 0.2) is 91.4 Å². The molecule has 0 saturated heterocycles. The van der Waals surface area contributed by atoms with Crippen molar-refractivity contribution in [3.05, 3.63) is 108 Å². The summed E-state index contributed by atoms with van der Waals surface area (Å²) in [4.78, 5) is 15.3. The van der Waals surface area contributed by atoms with Crippen molar-refractivity contribution in [1.82, 2.24) is 19.2 Å². The van der Waals surface area contributed by atoms with Gasteiger partial charge in [-0.2, -0.15) is 5.10 Å². The van der Waals surface area contributed by atoms with Crippen LogP contribution in [0.3, 0.4) is 0 Å². The van der Waals surface area contributed by atoms with E-state index in [-0.39, 0.29) is 11.9 Å². The Kier molecular flexibility index (Phi) is 4.48. The summed E-state index contributed by atoms with van der Waals surface area (Å²) in [5.41, 5.74) is 4.21. The van der Waals surface area contributed by atoms with E-state index in [1.54, 1.807) is 6.20 Å². The topological polar surface area (TPSA) is 43.1 Å². The van der Waals surface area contributed by atoms with Gasteiger partial charge in [-0.05, 0) is 35.4 Å². The molecule has 29 heavy (non-hydrogen) atoms. The number of para-hydroxylation sites is 1. The smallest absolute Gasteiger partial charge is 0.228 e. The van der Waals surface area contributed by atoms with Gasteiger partial charge in [0.1, 0.15) is 0 Å². The maximum Gasteiger partial charge on any atom is 0.228 e. The first kappa shape index (κ1) is 17.5. The molecule has 1 atom stereocenters. The van der Waals surface area contributed by atoms with Crippen molar-refractivity contribution in [2.24, 2.45) is 0 Å². The van der Waals surface area contributed by atoms with Gasteiger partial charge in [0.25, 0.3) is 0 Å². The highest BCUT2D eigenvalue weighted by Gasteiger charge is 2.32. The van der Waals surface area contributed by atoms with Crippen LogP contribution in [0.4, 0.5) is 0 Å². The Labute approximate surface area is 169 Å². The van der Waals surface area contributed by atoms with Crippen molar-refractivity contribution in [3.63, 3.8) is 0 Å². The molecule has 0 saturated carbocycles. The van der Waals surface area contributed by atoms with Crippen molar-refractivity contribution in [2.45, 2.75) is 19.0 Å². The lowest BCUT2D eigenvalue weighted by molar-refractivity contribution is -0.133. The van der Waals surface area contributed by atoms with Gasteiger partial charge >= 0.3 is 0 Å². The van der Waals surface area contributed by atoms with Crippen molar-refractivity contribution in [1.29, 1.82) is 0 Å². The number of hydrogen-bond acceptors (Lipinski definition) is 2. The van der Waals surface area contributed by atoms with E-state index in [9.17, 15) is 4.79 Å². The summed E-state index contributed by atoms with van der Waals surface area (Å²) in [5, 5.41) is 4.43. The Morgan fingerprint density at radius 1 is 0.931 bits per heavy atom. The number of hydrogen-bond donors (Lipinski definition) is 0. The second kappa shape index (κ2) is 7.43. The number of rotatable bonds is 4. The normalized spacial score (nSPS) is 15.9. The highest BCUT2D eigenvalue weighted by Crippen LogP contribution is 2.32. The van der Waals surface area contributed by atoms with Crippen molar-refractivity contribution in [2.75, 3.05) is 6.54 Å². The zero-order valence-electron chi connectivity index (χ0n) is 16.1. The molecule has 2 aromatic heterocycles. The summed E-state index contributed by atoms with van der Waals surface area (Å²) in [6, 6.07) is 24.3. The average molecular weight is 382 g/mol. The highest BCUT2D eigenvalue weighted by atomic mass is 16.2. The zero-order chi connectivity index (χ0) is 19.6. The zero-order valence-corrected chi connectivity index (χ0v) is 16.1. The Hall–Kier alpha value is -3.60. The number of carbonyl (C=O) groups is 1. The highest BCUT2D eigenvalue weighted by molar-refractivity contribution is 5.79. The molecule has 1 aliphatic heterocycles.